The fourth-order valence-corrected chi connectivity index (χ4v) is 3.68. The highest BCUT2D eigenvalue weighted by Gasteiger charge is 2.41. The van der Waals surface area contributed by atoms with Gasteiger partial charge in [0.05, 0.1) is 12.0 Å². The monoisotopic (exact) mass is 457 g/mol. The van der Waals surface area contributed by atoms with Gasteiger partial charge in [-0.25, -0.2) is 4.79 Å². The lowest BCUT2D eigenvalue weighted by atomic mass is 9.73. The van der Waals surface area contributed by atoms with E-state index in [1.165, 1.54) is 6.08 Å². The van der Waals surface area contributed by atoms with Gasteiger partial charge in [-0.1, -0.05) is 40.2 Å². The van der Waals surface area contributed by atoms with Crippen molar-refractivity contribution in [3.05, 3.63) is 70.2 Å². The Morgan fingerprint density at radius 3 is 2.38 bits per heavy atom. The number of carbonyl (C=O) groups is 2. The third kappa shape index (κ3) is 5.34. The van der Waals surface area contributed by atoms with Crippen LogP contribution in [0.2, 0.25) is 0 Å². The Hall–Kier alpha value is -2.44. The summed E-state index contributed by atoms with van der Waals surface area (Å²) in [5, 5.41) is 3.06. The van der Waals surface area contributed by atoms with Crippen LogP contribution in [-0.2, 0) is 24.5 Å². The van der Waals surface area contributed by atoms with Crippen molar-refractivity contribution in [2.75, 3.05) is 25.1 Å². The highest BCUT2D eigenvalue weighted by atomic mass is 79.9. The van der Waals surface area contributed by atoms with E-state index in [0.717, 1.165) is 15.6 Å². The maximum atomic E-state index is 13.3. The van der Waals surface area contributed by atoms with Crippen LogP contribution in [0.25, 0.3) is 6.08 Å². The molecule has 0 atom stereocenters. The van der Waals surface area contributed by atoms with E-state index < -0.39 is 5.41 Å². The molecule has 1 aliphatic heterocycles. The first kappa shape index (κ1) is 21.3. The van der Waals surface area contributed by atoms with E-state index in [2.05, 4.69) is 21.2 Å². The SMILES string of the molecule is CCOC(=O)/C=C/c1ccc(NC(=O)C2(c3ccc(Br)cc3)CCOCC2)cc1. The van der Waals surface area contributed by atoms with Crippen LogP contribution in [0.4, 0.5) is 5.69 Å². The molecule has 0 bridgehead atoms. The van der Waals surface area contributed by atoms with E-state index in [1.807, 2.05) is 48.5 Å². The Kier molecular flexibility index (Phi) is 7.23. The summed E-state index contributed by atoms with van der Waals surface area (Å²) in [6.45, 7) is 3.23. The maximum Gasteiger partial charge on any atom is 0.330 e. The molecule has 152 valence electrons. The number of halogens is 1. The molecule has 29 heavy (non-hydrogen) atoms. The van der Waals surface area contributed by atoms with Crippen LogP contribution in [0.15, 0.2) is 59.1 Å². The van der Waals surface area contributed by atoms with E-state index in [4.69, 9.17) is 9.47 Å². The minimum atomic E-state index is -0.610. The van der Waals surface area contributed by atoms with Crippen molar-refractivity contribution < 1.29 is 19.1 Å². The second kappa shape index (κ2) is 9.85. The summed E-state index contributed by atoms with van der Waals surface area (Å²) >= 11 is 3.46. The molecule has 1 heterocycles. The van der Waals surface area contributed by atoms with Crippen molar-refractivity contribution in [3.63, 3.8) is 0 Å². The molecule has 1 saturated heterocycles. The van der Waals surface area contributed by atoms with E-state index in [9.17, 15) is 9.59 Å². The molecule has 5 nitrogen and oxygen atoms in total. The van der Waals surface area contributed by atoms with E-state index in [1.54, 1.807) is 13.0 Å². The molecule has 0 aromatic heterocycles. The third-order valence-corrected chi connectivity index (χ3v) is 5.57. The molecule has 2 aromatic rings. The lowest BCUT2D eigenvalue weighted by Crippen LogP contribution is -2.44. The number of ether oxygens (including phenoxy) is 2. The van der Waals surface area contributed by atoms with Crippen LogP contribution in [0.5, 0.6) is 0 Å². The molecule has 3 rings (SSSR count). The van der Waals surface area contributed by atoms with Crippen LogP contribution in [-0.4, -0.2) is 31.7 Å². The number of carbonyl (C=O) groups excluding carboxylic acids is 2. The van der Waals surface area contributed by atoms with Crippen LogP contribution in [0, 0.1) is 0 Å². The number of hydrogen-bond donors (Lipinski definition) is 1. The second-order valence-corrected chi connectivity index (χ2v) is 7.78. The first-order chi connectivity index (χ1) is 14.0. The second-order valence-electron chi connectivity index (χ2n) is 6.86. The van der Waals surface area contributed by atoms with Gasteiger partial charge in [0.2, 0.25) is 5.91 Å². The number of anilines is 1. The van der Waals surface area contributed by atoms with E-state index >= 15 is 0 Å². The first-order valence-electron chi connectivity index (χ1n) is 9.64. The predicted octanol–water partition coefficient (Wildman–Crippen LogP) is 4.71. The minimum absolute atomic E-state index is 0.0297. The third-order valence-electron chi connectivity index (χ3n) is 5.04. The molecule has 1 N–H and O–H groups in total. The summed E-state index contributed by atoms with van der Waals surface area (Å²) in [6.07, 6.45) is 4.36. The minimum Gasteiger partial charge on any atom is -0.463 e. The topological polar surface area (TPSA) is 64.6 Å². The molecule has 1 aliphatic rings. The Morgan fingerprint density at radius 2 is 1.76 bits per heavy atom. The van der Waals surface area contributed by atoms with Crippen molar-refractivity contribution in [1.29, 1.82) is 0 Å². The lowest BCUT2D eigenvalue weighted by molar-refractivity contribution is -0.137. The fourth-order valence-electron chi connectivity index (χ4n) is 3.42. The van der Waals surface area contributed by atoms with Crippen molar-refractivity contribution in [2.45, 2.75) is 25.2 Å². The summed E-state index contributed by atoms with van der Waals surface area (Å²) in [7, 11) is 0. The van der Waals surface area contributed by atoms with E-state index in [0.29, 0.717) is 38.3 Å². The quantitative estimate of drug-likeness (QED) is 0.503. The van der Waals surface area contributed by atoms with Gasteiger partial charge in [-0.2, -0.15) is 0 Å². The van der Waals surface area contributed by atoms with Gasteiger partial charge in [0.15, 0.2) is 0 Å². The Balaban J connectivity index is 1.74. The number of rotatable bonds is 6. The average molecular weight is 458 g/mol. The lowest BCUT2D eigenvalue weighted by Gasteiger charge is -2.36. The van der Waals surface area contributed by atoms with Crippen molar-refractivity contribution in [3.8, 4) is 0 Å². The highest BCUT2D eigenvalue weighted by molar-refractivity contribution is 9.10. The fraction of sp³-hybridized carbons (Fsp3) is 0.304. The normalized spacial score (nSPS) is 15.8. The first-order valence-corrected chi connectivity index (χ1v) is 10.4. The number of benzene rings is 2. The summed E-state index contributed by atoms with van der Waals surface area (Å²) in [4.78, 5) is 24.7. The molecule has 0 unspecified atom stereocenters. The zero-order chi connectivity index (χ0) is 20.7. The Labute approximate surface area is 179 Å². The van der Waals surface area contributed by atoms with Crippen molar-refractivity contribution in [1.82, 2.24) is 0 Å². The number of nitrogens with one attached hydrogen (secondary N) is 1. The molecular formula is C23H24BrNO4. The molecular weight excluding hydrogens is 434 g/mol. The van der Waals surface area contributed by atoms with Crippen molar-refractivity contribution >= 4 is 39.6 Å². The van der Waals surface area contributed by atoms with Gasteiger partial charge in [-0.3, -0.25) is 4.79 Å². The van der Waals surface area contributed by atoms with E-state index in [-0.39, 0.29) is 11.9 Å². The summed E-state index contributed by atoms with van der Waals surface area (Å²) < 4.78 is 11.4. The zero-order valence-corrected chi connectivity index (χ0v) is 17.9. The molecule has 0 radical (unpaired) electrons. The maximum absolute atomic E-state index is 13.3. The zero-order valence-electron chi connectivity index (χ0n) is 16.3. The molecule has 0 aliphatic carbocycles. The van der Waals surface area contributed by atoms with Crippen LogP contribution in [0.3, 0.4) is 0 Å². The van der Waals surface area contributed by atoms with Crippen LogP contribution < -0.4 is 5.32 Å². The average Bonchev–Trinajstić information content (AvgIpc) is 2.74. The standard InChI is InChI=1S/C23H24BrNO4/c1-2-29-21(26)12-5-17-3-10-20(11-4-17)25-22(27)23(13-15-28-16-14-23)18-6-8-19(24)9-7-18/h3-12H,2,13-16H2,1H3,(H,25,27)/b12-5+. The van der Waals surface area contributed by atoms with Gasteiger partial charge in [0.1, 0.15) is 0 Å². The molecule has 0 spiro atoms. The summed E-state index contributed by atoms with van der Waals surface area (Å²) in [5.74, 6) is -0.404. The molecule has 2 aromatic carbocycles. The predicted molar refractivity (Wildman–Crippen MR) is 117 cm³/mol. The largest absolute Gasteiger partial charge is 0.463 e. The van der Waals surface area contributed by atoms with Gasteiger partial charge in [-0.15, -0.1) is 0 Å². The molecule has 0 saturated carbocycles. The number of amides is 1. The van der Waals surface area contributed by atoms with Gasteiger partial charge in [-0.05, 0) is 61.2 Å². The summed E-state index contributed by atoms with van der Waals surface area (Å²) in [6, 6.07) is 15.3. The van der Waals surface area contributed by atoms with Gasteiger partial charge in [0.25, 0.3) is 0 Å². The molecule has 6 heteroatoms. The van der Waals surface area contributed by atoms with Crippen LogP contribution in [0.1, 0.15) is 30.9 Å². The number of hydrogen-bond acceptors (Lipinski definition) is 4. The highest BCUT2D eigenvalue weighted by Crippen LogP contribution is 2.36. The van der Waals surface area contributed by atoms with Crippen molar-refractivity contribution in [2.24, 2.45) is 0 Å². The van der Waals surface area contributed by atoms with Gasteiger partial charge >= 0.3 is 5.97 Å². The Bertz CT molecular complexity index is 869. The number of esters is 1. The van der Waals surface area contributed by atoms with Gasteiger partial charge < -0.3 is 14.8 Å². The molecule has 1 fully saturated rings. The Morgan fingerprint density at radius 1 is 1.10 bits per heavy atom. The molecule has 1 amide bonds. The smallest absolute Gasteiger partial charge is 0.330 e. The van der Waals surface area contributed by atoms with Crippen LogP contribution >= 0.6 is 15.9 Å². The van der Waals surface area contributed by atoms with Gasteiger partial charge in [0, 0.05) is 29.4 Å². The summed E-state index contributed by atoms with van der Waals surface area (Å²) in [5.41, 5.74) is 1.95.